The lowest BCUT2D eigenvalue weighted by atomic mass is 10.0. The molecular formula is C19H21NO4. The number of carbonyl (C=O) groups is 1. The second-order valence-corrected chi connectivity index (χ2v) is 6.10. The van der Waals surface area contributed by atoms with Gasteiger partial charge in [-0.25, -0.2) is 0 Å². The van der Waals surface area contributed by atoms with Crippen LogP contribution in [0.5, 0.6) is 17.2 Å². The third-order valence-electron chi connectivity index (χ3n) is 3.81. The summed E-state index contributed by atoms with van der Waals surface area (Å²) in [6, 6.07) is 11.4. The smallest absolute Gasteiger partial charge is 0.262 e. The highest BCUT2D eigenvalue weighted by Crippen LogP contribution is 2.34. The molecule has 1 heterocycles. The lowest BCUT2D eigenvalue weighted by molar-refractivity contribution is -0.118. The Balaban J connectivity index is 1.63. The molecule has 0 saturated heterocycles. The lowest BCUT2D eigenvalue weighted by Crippen LogP contribution is -2.20. The third-order valence-corrected chi connectivity index (χ3v) is 3.81. The van der Waals surface area contributed by atoms with Crippen LogP contribution in [0.25, 0.3) is 0 Å². The first-order chi connectivity index (χ1) is 11.5. The summed E-state index contributed by atoms with van der Waals surface area (Å²) < 4.78 is 16.3. The van der Waals surface area contributed by atoms with E-state index in [1.54, 1.807) is 18.2 Å². The molecule has 0 aromatic heterocycles. The molecule has 0 fully saturated rings. The van der Waals surface area contributed by atoms with Gasteiger partial charge in [-0.1, -0.05) is 26.0 Å². The fraction of sp³-hybridized carbons (Fsp3) is 0.316. The van der Waals surface area contributed by atoms with E-state index in [0.717, 1.165) is 16.9 Å². The van der Waals surface area contributed by atoms with E-state index in [4.69, 9.17) is 14.2 Å². The number of rotatable bonds is 5. The van der Waals surface area contributed by atoms with Crippen LogP contribution in [0.2, 0.25) is 0 Å². The van der Waals surface area contributed by atoms with E-state index in [2.05, 4.69) is 25.2 Å². The first kappa shape index (κ1) is 16.2. The molecule has 24 heavy (non-hydrogen) atoms. The van der Waals surface area contributed by atoms with Crippen LogP contribution < -0.4 is 19.5 Å². The molecule has 0 bridgehead atoms. The van der Waals surface area contributed by atoms with Gasteiger partial charge in [0.05, 0.1) is 0 Å². The summed E-state index contributed by atoms with van der Waals surface area (Å²) in [4.78, 5) is 12.1. The van der Waals surface area contributed by atoms with E-state index in [9.17, 15) is 4.79 Å². The van der Waals surface area contributed by atoms with Crippen molar-refractivity contribution in [3.8, 4) is 17.2 Å². The maximum absolute atomic E-state index is 12.1. The number of fused-ring (bicyclic) bond motifs is 1. The van der Waals surface area contributed by atoms with Crippen molar-refractivity contribution in [2.24, 2.45) is 0 Å². The highest BCUT2D eigenvalue weighted by atomic mass is 16.7. The summed E-state index contributed by atoms with van der Waals surface area (Å²) in [6.45, 7) is 6.37. The quantitative estimate of drug-likeness (QED) is 0.906. The maximum Gasteiger partial charge on any atom is 0.262 e. The number of nitrogens with one attached hydrogen (secondary N) is 1. The molecule has 2 aromatic rings. The van der Waals surface area contributed by atoms with Crippen molar-refractivity contribution < 1.29 is 19.0 Å². The lowest BCUT2D eigenvalue weighted by Gasteiger charge is -2.15. The van der Waals surface area contributed by atoms with Crippen molar-refractivity contribution in [3.63, 3.8) is 0 Å². The van der Waals surface area contributed by atoms with E-state index in [0.29, 0.717) is 23.1 Å². The number of amides is 1. The van der Waals surface area contributed by atoms with Crippen LogP contribution in [0.4, 0.5) is 5.69 Å². The van der Waals surface area contributed by atoms with Crippen molar-refractivity contribution in [2.75, 3.05) is 18.7 Å². The van der Waals surface area contributed by atoms with Crippen LogP contribution in [0.15, 0.2) is 36.4 Å². The molecule has 2 aromatic carbocycles. The number of carbonyl (C=O) groups excluding carboxylic acids is 1. The molecule has 1 N–H and O–H groups in total. The molecule has 0 radical (unpaired) electrons. The molecule has 3 rings (SSSR count). The van der Waals surface area contributed by atoms with Gasteiger partial charge in [-0.2, -0.15) is 0 Å². The van der Waals surface area contributed by atoms with Crippen LogP contribution in [0, 0.1) is 6.92 Å². The van der Waals surface area contributed by atoms with Gasteiger partial charge in [-0.3, -0.25) is 4.79 Å². The summed E-state index contributed by atoms with van der Waals surface area (Å²) in [7, 11) is 0. The van der Waals surface area contributed by atoms with E-state index in [1.165, 1.54) is 0 Å². The summed E-state index contributed by atoms with van der Waals surface area (Å²) in [5.74, 6) is 2.19. The molecule has 1 aliphatic rings. The highest BCUT2D eigenvalue weighted by Gasteiger charge is 2.15. The summed E-state index contributed by atoms with van der Waals surface area (Å²) in [6.07, 6.45) is 0. The first-order valence-electron chi connectivity index (χ1n) is 7.96. The summed E-state index contributed by atoms with van der Waals surface area (Å²) >= 11 is 0. The predicted octanol–water partition coefficient (Wildman–Crippen LogP) is 3.86. The Kier molecular flexibility index (Phi) is 4.60. The normalized spacial score (nSPS) is 12.3. The van der Waals surface area contributed by atoms with Crippen molar-refractivity contribution in [2.45, 2.75) is 26.7 Å². The van der Waals surface area contributed by atoms with E-state index < -0.39 is 0 Å². The Bertz CT molecular complexity index is 755. The van der Waals surface area contributed by atoms with Gasteiger partial charge in [0, 0.05) is 11.8 Å². The van der Waals surface area contributed by atoms with Gasteiger partial charge in [0.15, 0.2) is 18.1 Å². The zero-order valence-electron chi connectivity index (χ0n) is 14.1. The van der Waals surface area contributed by atoms with E-state index >= 15 is 0 Å². The predicted molar refractivity (Wildman–Crippen MR) is 92.0 cm³/mol. The minimum Gasteiger partial charge on any atom is -0.483 e. The number of hydrogen-bond donors (Lipinski definition) is 1. The second-order valence-electron chi connectivity index (χ2n) is 6.10. The average molecular weight is 327 g/mol. The van der Waals surface area contributed by atoms with Crippen molar-refractivity contribution in [1.82, 2.24) is 0 Å². The van der Waals surface area contributed by atoms with Crippen LogP contribution >= 0.6 is 0 Å². The first-order valence-corrected chi connectivity index (χ1v) is 7.96. The average Bonchev–Trinajstić information content (AvgIpc) is 3.00. The number of hydrogen-bond acceptors (Lipinski definition) is 4. The van der Waals surface area contributed by atoms with Gasteiger partial charge in [-0.15, -0.1) is 0 Å². The SMILES string of the molecule is Cc1ccc(C(C)C)c(OCC(=O)Nc2ccc3c(c2)OCO3)c1. The molecule has 5 heteroatoms. The maximum atomic E-state index is 12.1. The summed E-state index contributed by atoms with van der Waals surface area (Å²) in [5.41, 5.74) is 2.85. The molecule has 0 atom stereocenters. The number of aryl methyl sites for hydroxylation is 1. The van der Waals surface area contributed by atoms with Crippen LogP contribution in [0.3, 0.4) is 0 Å². The molecule has 0 saturated carbocycles. The Hall–Kier alpha value is -2.69. The fourth-order valence-electron chi connectivity index (χ4n) is 2.56. The number of ether oxygens (including phenoxy) is 3. The highest BCUT2D eigenvalue weighted by molar-refractivity contribution is 5.92. The standard InChI is InChI=1S/C19H21NO4/c1-12(2)15-6-4-13(3)8-17(15)22-10-19(21)20-14-5-7-16-18(9-14)24-11-23-16/h4-9,12H,10-11H2,1-3H3,(H,20,21). The fourth-order valence-corrected chi connectivity index (χ4v) is 2.56. The zero-order valence-corrected chi connectivity index (χ0v) is 14.1. The topological polar surface area (TPSA) is 56.8 Å². The molecule has 126 valence electrons. The second kappa shape index (κ2) is 6.83. The molecular weight excluding hydrogens is 306 g/mol. The van der Waals surface area contributed by atoms with E-state index in [1.807, 2.05) is 19.1 Å². The molecule has 0 spiro atoms. The Morgan fingerprint density at radius 1 is 1.17 bits per heavy atom. The van der Waals surface area contributed by atoms with Crippen LogP contribution in [-0.2, 0) is 4.79 Å². The molecule has 1 amide bonds. The van der Waals surface area contributed by atoms with Gasteiger partial charge in [0.25, 0.3) is 5.91 Å². The van der Waals surface area contributed by atoms with Gasteiger partial charge in [0.2, 0.25) is 6.79 Å². The Morgan fingerprint density at radius 2 is 1.96 bits per heavy atom. The minimum atomic E-state index is -0.218. The zero-order chi connectivity index (χ0) is 17.1. The van der Waals surface area contributed by atoms with Crippen molar-refractivity contribution >= 4 is 11.6 Å². The number of anilines is 1. The largest absolute Gasteiger partial charge is 0.483 e. The minimum absolute atomic E-state index is 0.0440. The number of benzene rings is 2. The molecule has 0 aliphatic carbocycles. The Labute approximate surface area is 141 Å². The molecule has 5 nitrogen and oxygen atoms in total. The Morgan fingerprint density at radius 3 is 2.75 bits per heavy atom. The third kappa shape index (κ3) is 3.62. The van der Waals surface area contributed by atoms with Gasteiger partial charge >= 0.3 is 0 Å². The van der Waals surface area contributed by atoms with Crippen LogP contribution in [0.1, 0.15) is 30.9 Å². The van der Waals surface area contributed by atoms with E-state index in [-0.39, 0.29) is 19.3 Å². The van der Waals surface area contributed by atoms with Gasteiger partial charge in [0.1, 0.15) is 5.75 Å². The van der Waals surface area contributed by atoms with Gasteiger partial charge in [-0.05, 0) is 42.2 Å². The van der Waals surface area contributed by atoms with Crippen LogP contribution in [-0.4, -0.2) is 19.3 Å². The summed E-state index contributed by atoms with van der Waals surface area (Å²) in [5, 5.41) is 2.81. The van der Waals surface area contributed by atoms with Crippen molar-refractivity contribution in [1.29, 1.82) is 0 Å². The molecule has 0 unspecified atom stereocenters. The van der Waals surface area contributed by atoms with Crippen molar-refractivity contribution in [3.05, 3.63) is 47.5 Å². The molecule has 1 aliphatic heterocycles. The monoisotopic (exact) mass is 327 g/mol. The van der Waals surface area contributed by atoms with Gasteiger partial charge < -0.3 is 19.5 Å².